The van der Waals surface area contributed by atoms with E-state index in [0.29, 0.717) is 0 Å². The SMILES string of the molecule is C/C(=N\NC(=O)c1cccc([N+](=O)[O-])c1)c1ccc([N+](=O)[O-])o1. The van der Waals surface area contributed by atoms with Gasteiger partial charge < -0.3 is 4.42 Å². The van der Waals surface area contributed by atoms with Crippen molar-refractivity contribution in [2.75, 3.05) is 0 Å². The fraction of sp³-hybridized carbons (Fsp3) is 0.0769. The molecule has 1 N–H and O–H groups in total. The van der Waals surface area contributed by atoms with Crippen LogP contribution in [-0.2, 0) is 0 Å². The number of carbonyl (C=O) groups is 1. The highest BCUT2D eigenvalue weighted by molar-refractivity contribution is 5.99. The van der Waals surface area contributed by atoms with Crippen molar-refractivity contribution < 1.29 is 19.1 Å². The minimum Gasteiger partial charge on any atom is -0.399 e. The van der Waals surface area contributed by atoms with Crippen molar-refractivity contribution in [3.05, 3.63) is 68.0 Å². The highest BCUT2D eigenvalue weighted by Gasteiger charge is 2.14. The van der Waals surface area contributed by atoms with Gasteiger partial charge in [0, 0.05) is 17.7 Å². The lowest BCUT2D eigenvalue weighted by Gasteiger charge is -2.01. The monoisotopic (exact) mass is 318 g/mol. The molecule has 0 unspecified atom stereocenters. The van der Waals surface area contributed by atoms with Gasteiger partial charge >= 0.3 is 5.88 Å². The third-order valence-corrected chi connectivity index (χ3v) is 2.77. The molecule has 0 radical (unpaired) electrons. The van der Waals surface area contributed by atoms with Crippen molar-refractivity contribution >= 4 is 23.2 Å². The van der Waals surface area contributed by atoms with Crippen molar-refractivity contribution in [3.8, 4) is 0 Å². The Morgan fingerprint density at radius 1 is 1.17 bits per heavy atom. The third kappa shape index (κ3) is 3.75. The van der Waals surface area contributed by atoms with Crippen LogP contribution in [0.3, 0.4) is 0 Å². The highest BCUT2D eigenvalue weighted by Crippen LogP contribution is 2.16. The van der Waals surface area contributed by atoms with Crippen molar-refractivity contribution in [2.45, 2.75) is 6.92 Å². The van der Waals surface area contributed by atoms with E-state index < -0.39 is 21.6 Å². The first-order chi connectivity index (χ1) is 10.9. The fourth-order valence-corrected chi connectivity index (χ4v) is 1.64. The molecule has 1 heterocycles. The van der Waals surface area contributed by atoms with Gasteiger partial charge in [0.25, 0.3) is 11.6 Å². The Hall–Kier alpha value is -3.56. The number of hydrogen-bond acceptors (Lipinski definition) is 7. The maximum absolute atomic E-state index is 11.9. The summed E-state index contributed by atoms with van der Waals surface area (Å²) in [5, 5.41) is 24.9. The summed E-state index contributed by atoms with van der Waals surface area (Å²) in [5.74, 6) is -0.982. The number of carbonyl (C=O) groups excluding carboxylic acids is 1. The van der Waals surface area contributed by atoms with Gasteiger partial charge in [-0.25, -0.2) is 5.43 Å². The van der Waals surface area contributed by atoms with E-state index >= 15 is 0 Å². The quantitative estimate of drug-likeness (QED) is 0.509. The van der Waals surface area contributed by atoms with Crippen LogP contribution in [-0.4, -0.2) is 21.5 Å². The molecule has 0 saturated heterocycles. The molecule has 10 nitrogen and oxygen atoms in total. The molecule has 10 heteroatoms. The van der Waals surface area contributed by atoms with Gasteiger partial charge in [-0.1, -0.05) is 6.07 Å². The molecule has 0 spiro atoms. The molecule has 0 aliphatic rings. The van der Waals surface area contributed by atoms with Crippen molar-refractivity contribution in [1.29, 1.82) is 0 Å². The number of nitrogens with one attached hydrogen (secondary N) is 1. The molecule has 2 rings (SSSR count). The Morgan fingerprint density at radius 2 is 1.91 bits per heavy atom. The maximum Gasteiger partial charge on any atom is 0.433 e. The Morgan fingerprint density at radius 3 is 2.52 bits per heavy atom. The van der Waals surface area contributed by atoms with E-state index in [1.165, 1.54) is 31.2 Å². The van der Waals surface area contributed by atoms with Crippen LogP contribution in [0.25, 0.3) is 0 Å². The largest absolute Gasteiger partial charge is 0.433 e. The van der Waals surface area contributed by atoms with Gasteiger partial charge in [-0.2, -0.15) is 5.10 Å². The fourth-order valence-electron chi connectivity index (χ4n) is 1.64. The minimum absolute atomic E-state index is 0.0566. The van der Waals surface area contributed by atoms with Crippen LogP contribution in [0.15, 0.2) is 45.9 Å². The predicted molar refractivity (Wildman–Crippen MR) is 78.1 cm³/mol. The zero-order chi connectivity index (χ0) is 17.0. The molecular weight excluding hydrogens is 308 g/mol. The van der Waals surface area contributed by atoms with E-state index in [1.807, 2.05) is 0 Å². The number of nitrogens with zero attached hydrogens (tertiary/aromatic N) is 3. The number of hydrogen-bond donors (Lipinski definition) is 1. The molecule has 23 heavy (non-hydrogen) atoms. The van der Waals surface area contributed by atoms with Gasteiger partial charge in [0.1, 0.15) is 10.6 Å². The van der Waals surface area contributed by atoms with Gasteiger partial charge in [-0.3, -0.25) is 25.0 Å². The first-order valence-corrected chi connectivity index (χ1v) is 6.22. The second-order valence-electron chi connectivity index (χ2n) is 4.34. The summed E-state index contributed by atoms with van der Waals surface area (Å²) < 4.78 is 4.92. The standard InChI is InChI=1S/C13H10N4O6/c1-8(11-5-6-12(23-11)17(21)22)14-15-13(18)9-3-2-4-10(7-9)16(19)20/h2-7H,1H3,(H,15,18)/b14-8+. The van der Waals surface area contributed by atoms with Gasteiger partial charge in [0.2, 0.25) is 0 Å². The molecule has 0 aliphatic heterocycles. The number of amides is 1. The van der Waals surface area contributed by atoms with Gasteiger partial charge in [0.15, 0.2) is 5.76 Å². The Bertz CT molecular complexity index is 810. The number of benzene rings is 1. The van der Waals surface area contributed by atoms with Crippen LogP contribution < -0.4 is 5.43 Å². The summed E-state index contributed by atoms with van der Waals surface area (Å²) in [6.45, 7) is 1.48. The Balaban J connectivity index is 2.11. The van der Waals surface area contributed by atoms with E-state index in [-0.39, 0.29) is 22.7 Å². The van der Waals surface area contributed by atoms with Crippen molar-refractivity contribution in [1.82, 2.24) is 5.43 Å². The summed E-state index contributed by atoms with van der Waals surface area (Å²) in [7, 11) is 0. The smallest absolute Gasteiger partial charge is 0.399 e. The average Bonchev–Trinajstić information content (AvgIpc) is 3.02. The van der Waals surface area contributed by atoms with Crippen LogP contribution >= 0.6 is 0 Å². The first-order valence-electron chi connectivity index (χ1n) is 6.22. The Labute approximate surface area is 128 Å². The normalized spacial score (nSPS) is 11.1. The van der Waals surface area contributed by atoms with E-state index in [1.54, 1.807) is 0 Å². The van der Waals surface area contributed by atoms with Crippen molar-refractivity contribution in [3.63, 3.8) is 0 Å². The Kier molecular flexibility index (Phi) is 4.45. The predicted octanol–water partition coefficient (Wildman–Crippen LogP) is 2.25. The van der Waals surface area contributed by atoms with Crippen LogP contribution in [0.1, 0.15) is 23.0 Å². The second-order valence-corrected chi connectivity index (χ2v) is 4.34. The number of furan rings is 1. The molecule has 1 aromatic carbocycles. The molecule has 118 valence electrons. The lowest BCUT2D eigenvalue weighted by molar-refractivity contribution is -0.402. The molecular formula is C13H10N4O6. The summed E-state index contributed by atoms with van der Waals surface area (Å²) in [4.78, 5) is 31.8. The summed E-state index contributed by atoms with van der Waals surface area (Å²) >= 11 is 0. The maximum atomic E-state index is 11.9. The molecule has 0 bridgehead atoms. The molecule has 1 amide bonds. The average molecular weight is 318 g/mol. The molecule has 1 aromatic heterocycles. The van der Waals surface area contributed by atoms with Crippen LogP contribution in [0.5, 0.6) is 0 Å². The molecule has 0 fully saturated rings. The van der Waals surface area contributed by atoms with E-state index in [2.05, 4.69) is 10.5 Å². The van der Waals surface area contributed by atoms with Gasteiger partial charge in [-0.15, -0.1) is 0 Å². The molecule has 2 aromatic rings. The van der Waals surface area contributed by atoms with Crippen LogP contribution in [0.4, 0.5) is 11.6 Å². The highest BCUT2D eigenvalue weighted by atomic mass is 16.6. The van der Waals surface area contributed by atoms with Crippen LogP contribution in [0.2, 0.25) is 0 Å². The lowest BCUT2D eigenvalue weighted by atomic mass is 10.2. The number of rotatable bonds is 5. The van der Waals surface area contributed by atoms with E-state index in [9.17, 15) is 25.0 Å². The molecule has 0 aliphatic carbocycles. The molecule has 0 atom stereocenters. The van der Waals surface area contributed by atoms with E-state index in [0.717, 1.165) is 12.1 Å². The minimum atomic E-state index is -0.696. The zero-order valence-electron chi connectivity index (χ0n) is 11.8. The number of nitro benzene ring substituents is 1. The van der Waals surface area contributed by atoms with E-state index in [4.69, 9.17) is 4.42 Å². The summed E-state index contributed by atoms with van der Waals surface area (Å²) in [6.07, 6.45) is 0. The summed E-state index contributed by atoms with van der Waals surface area (Å²) in [6, 6.07) is 7.64. The zero-order valence-corrected chi connectivity index (χ0v) is 11.8. The van der Waals surface area contributed by atoms with Crippen molar-refractivity contribution in [2.24, 2.45) is 5.10 Å². The lowest BCUT2D eigenvalue weighted by Crippen LogP contribution is -2.19. The topological polar surface area (TPSA) is 141 Å². The third-order valence-electron chi connectivity index (χ3n) is 2.77. The van der Waals surface area contributed by atoms with Crippen LogP contribution in [0, 0.1) is 20.2 Å². The second kappa shape index (κ2) is 6.47. The van der Waals surface area contributed by atoms with Gasteiger partial charge in [-0.05, 0) is 19.1 Å². The summed E-state index contributed by atoms with van der Waals surface area (Å²) in [5.41, 5.74) is 2.24. The number of nitro groups is 2. The molecule has 0 saturated carbocycles. The number of non-ortho nitro benzene ring substituents is 1. The number of hydrazone groups is 1. The van der Waals surface area contributed by atoms with Gasteiger partial charge in [0.05, 0.1) is 11.0 Å². The first kappa shape index (κ1) is 15.8.